The molecule has 1 fully saturated rings. The molecule has 0 heterocycles. The minimum atomic E-state index is -0.869. The highest BCUT2D eigenvalue weighted by atomic mass is 32.2. The van der Waals surface area contributed by atoms with Gasteiger partial charge in [0.15, 0.2) is 0 Å². The third-order valence-electron chi connectivity index (χ3n) is 3.53. The van der Waals surface area contributed by atoms with Gasteiger partial charge < -0.3 is 5.32 Å². The SMILES string of the molecule is CCC(C)(C#N)C(=O)NC1CCCC1SC. The number of rotatable bonds is 4. The van der Waals surface area contributed by atoms with Gasteiger partial charge in [0.2, 0.25) is 5.91 Å². The fourth-order valence-corrected chi connectivity index (χ4v) is 2.93. The summed E-state index contributed by atoms with van der Waals surface area (Å²) < 4.78 is 0. The molecule has 1 N–H and O–H groups in total. The van der Waals surface area contributed by atoms with E-state index >= 15 is 0 Å². The van der Waals surface area contributed by atoms with Gasteiger partial charge in [-0.25, -0.2) is 0 Å². The number of thioether (sulfide) groups is 1. The quantitative estimate of drug-likeness (QED) is 0.820. The topological polar surface area (TPSA) is 52.9 Å². The second kappa shape index (κ2) is 5.58. The predicted octanol–water partition coefficient (Wildman–Crippen LogP) is 2.33. The summed E-state index contributed by atoms with van der Waals surface area (Å²) in [7, 11) is 0. The van der Waals surface area contributed by atoms with Crippen LogP contribution in [0.5, 0.6) is 0 Å². The van der Waals surface area contributed by atoms with Crippen molar-refractivity contribution in [2.75, 3.05) is 6.26 Å². The van der Waals surface area contributed by atoms with E-state index in [1.807, 2.05) is 18.7 Å². The zero-order valence-electron chi connectivity index (χ0n) is 10.2. The van der Waals surface area contributed by atoms with Crippen molar-refractivity contribution < 1.29 is 4.79 Å². The third-order valence-corrected chi connectivity index (χ3v) is 4.70. The van der Waals surface area contributed by atoms with Crippen LogP contribution in [0.3, 0.4) is 0 Å². The van der Waals surface area contributed by atoms with Crippen molar-refractivity contribution in [2.24, 2.45) is 5.41 Å². The van der Waals surface area contributed by atoms with Crippen LogP contribution in [0, 0.1) is 16.7 Å². The number of carbonyl (C=O) groups is 1. The Morgan fingerprint density at radius 2 is 2.31 bits per heavy atom. The molecule has 1 aliphatic rings. The molecule has 0 bridgehead atoms. The van der Waals surface area contributed by atoms with Gasteiger partial charge in [-0.1, -0.05) is 13.3 Å². The molecule has 0 radical (unpaired) electrons. The van der Waals surface area contributed by atoms with Gasteiger partial charge in [0.05, 0.1) is 6.07 Å². The Balaban J connectivity index is 2.61. The van der Waals surface area contributed by atoms with Crippen LogP contribution < -0.4 is 5.32 Å². The van der Waals surface area contributed by atoms with E-state index in [-0.39, 0.29) is 11.9 Å². The molecule has 1 rings (SSSR count). The summed E-state index contributed by atoms with van der Waals surface area (Å²) >= 11 is 1.81. The summed E-state index contributed by atoms with van der Waals surface area (Å²) in [5, 5.41) is 12.6. The molecule has 0 aromatic heterocycles. The van der Waals surface area contributed by atoms with Gasteiger partial charge in [0.25, 0.3) is 0 Å². The van der Waals surface area contributed by atoms with Crippen molar-refractivity contribution in [3.63, 3.8) is 0 Å². The molecule has 4 heteroatoms. The van der Waals surface area contributed by atoms with Crippen molar-refractivity contribution in [3.8, 4) is 6.07 Å². The average Bonchev–Trinajstić information content (AvgIpc) is 2.75. The van der Waals surface area contributed by atoms with Crippen molar-refractivity contribution in [2.45, 2.75) is 50.8 Å². The molecule has 0 aromatic rings. The molecular formula is C12H20N2OS. The maximum atomic E-state index is 12.0. The van der Waals surface area contributed by atoms with Crippen molar-refractivity contribution in [1.82, 2.24) is 5.32 Å². The molecule has 0 saturated heterocycles. The van der Waals surface area contributed by atoms with Crippen LogP contribution in [0.15, 0.2) is 0 Å². The molecule has 90 valence electrons. The van der Waals surface area contributed by atoms with Crippen LogP contribution in [0.4, 0.5) is 0 Å². The van der Waals surface area contributed by atoms with E-state index in [2.05, 4.69) is 17.6 Å². The van der Waals surface area contributed by atoms with Gasteiger partial charge in [-0.15, -0.1) is 0 Å². The zero-order chi connectivity index (χ0) is 12.2. The first kappa shape index (κ1) is 13.4. The first-order valence-corrected chi connectivity index (χ1v) is 7.11. The van der Waals surface area contributed by atoms with E-state index in [4.69, 9.17) is 5.26 Å². The third kappa shape index (κ3) is 2.70. The smallest absolute Gasteiger partial charge is 0.240 e. The minimum absolute atomic E-state index is 0.108. The summed E-state index contributed by atoms with van der Waals surface area (Å²) in [5.74, 6) is -0.108. The van der Waals surface area contributed by atoms with Gasteiger partial charge in [0, 0.05) is 11.3 Å². The van der Waals surface area contributed by atoms with Crippen LogP contribution in [0.25, 0.3) is 0 Å². The maximum Gasteiger partial charge on any atom is 0.240 e. The molecular weight excluding hydrogens is 220 g/mol. The number of nitriles is 1. The molecule has 1 saturated carbocycles. The lowest BCUT2D eigenvalue weighted by molar-refractivity contribution is -0.128. The van der Waals surface area contributed by atoms with Crippen molar-refractivity contribution in [1.29, 1.82) is 5.26 Å². The summed E-state index contributed by atoms with van der Waals surface area (Å²) in [6.07, 6.45) is 6.03. The molecule has 1 aliphatic carbocycles. The Kier molecular flexibility index (Phi) is 4.67. The van der Waals surface area contributed by atoms with Gasteiger partial charge in [-0.2, -0.15) is 17.0 Å². The first-order chi connectivity index (χ1) is 7.57. The zero-order valence-corrected chi connectivity index (χ0v) is 11.1. The lowest BCUT2D eigenvalue weighted by Crippen LogP contribution is -2.45. The molecule has 0 aliphatic heterocycles. The second-order valence-corrected chi connectivity index (χ2v) is 5.66. The Morgan fingerprint density at radius 1 is 1.62 bits per heavy atom. The van der Waals surface area contributed by atoms with E-state index in [0.29, 0.717) is 11.7 Å². The highest BCUT2D eigenvalue weighted by Crippen LogP contribution is 2.29. The molecule has 3 unspecified atom stereocenters. The van der Waals surface area contributed by atoms with Crippen LogP contribution in [-0.2, 0) is 4.79 Å². The maximum absolute atomic E-state index is 12.0. The Labute approximate surface area is 102 Å². The lowest BCUT2D eigenvalue weighted by Gasteiger charge is -2.24. The summed E-state index contributed by atoms with van der Waals surface area (Å²) in [6, 6.07) is 2.37. The largest absolute Gasteiger partial charge is 0.351 e. The van der Waals surface area contributed by atoms with Crippen LogP contribution >= 0.6 is 11.8 Å². The second-order valence-electron chi connectivity index (χ2n) is 4.58. The highest BCUT2D eigenvalue weighted by Gasteiger charge is 2.35. The predicted molar refractivity (Wildman–Crippen MR) is 67.1 cm³/mol. The Bertz CT molecular complexity index is 300. The van der Waals surface area contributed by atoms with Crippen molar-refractivity contribution >= 4 is 17.7 Å². The normalized spacial score (nSPS) is 28.1. The monoisotopic (exact) mass is 240 g/mol. The number of amides is 1. The number of nitrogens with one attached hydrogen (secondary N) is 1. The molecule has 3 nitrogen and oxygen atoms in total. The molecule has 1 amide bonds. The first-order valence-electron chi connectivity index (χ1n) is 5.82. The average molecular weight is 240 g/mol. The Hall–Kier alpha value is -0.690. The number of hydrogen-bond acceptors (Lipinski definition) is 3. The van der Waals surface area contributed by atoms with E-state index in [9.17, 15) is 4.79 Å². The number of hydrogen-bond donors (Lipinski definition) is 1. The summed E-state index contributed by atoms with van der Waals surface area (Å²) in [4.78, 5) is 12.0. The molecule has 0 spiro atoms. The fourth-order valence-electron chi connectivity index (χ4n) is 1.99. The fraction of sp³-hybridized carbons (Fsp3) is 0.833. The Morgan fingerprint density at radius 3 is 2.81 bits per heavy atom. The van der Waals surface area contributed by atoms with Gasteiger partial charge in [0.1, 0.15) is 5.41 Å². The van der Waals surface area contributed by atoms with Gasteiger partial charge >= 0.3 is 0 Å². The summed E-state index contributed by atoms with van der Waals surface area (Å²) in [5.41, 5.74) is -0.869. The standard InChI is InChI=1S/C12H20N2OS/c1-4-12(2,8-13)11(15)14-9-6-5-7-10(9)16-3/h9-10H,4-7H2,1-3H3,(H,14,15). The number of carbonyl (C=O) groups excluding carboxylic acids is 1. The lowest BCUT2D eigenvalue weighted by atomic mass is 9.88. The highest BCUT2D eigenvalue weighted by molar-refractivity contribution is 7.99. The molecule has 16 heavy (non-hydrogen) atoms. The van der Waals surface area contributed by atoms with Crippen LogP contribution in [0.1, 0.15) is 39.5 Å². The summed E-state index contributed by atoms with van der Waals surface area (Å²) in [6.45, 7) is 3.59. The van der Waals surface area contributed by atoms with Gasteiger partial charge in [-0.3, -0.25) is 4.79 Å². The van der Waals surface area contributed by atoms with Gasteiger partial charge in [-0.05, 0) is 32.4 Å². The van der Waals surface area contributed by atoms with E-state index in [0.717, 1.165) is 6.42 Å². The van der Waals surface area contributed by atoms with E-state index in [1.54, 1.807) is 6.92 Å². The van der Waals surface area contributed by atoms with Crippen LogP contribution in [0.2, 0.25) is 0 Å². The molecule has 0 aromatic carbocycles. The van der Waals surface area contributed by atoms with E-state index in [1.165, 1.54) is 12.8 Å². The number of nitrogens with zero attached hydrogens (tertiary/aromatic N) is 1. The van der Waals surface area contributed by atoms with Crippen LogP contribution in [-0.4, -0.2) is 23.5 Å². The molecule has 3 atom stereocenters. The van der Waals surface area contributed by atoms with E-state index < -0.39 is 5.41 Å². The van der Waals surface area contributed by atoms with Crippen molar-refractivity contribution in [3.05, 3.63) is 0 Å². The minimum Gasteiger partial charge on any atom is -0.351 e.